The van der Waals surface area contributed by atoms with E-state index in [2.05, 4.69) is 26.3 Å². The first-order valence-corrected chi connectivity index (χ1v) is 15.3. The Hall–Kier alpha value is -5.02. The Kier molecular flexibility index (Phi) is 8.89. The summed E-state index contributed by atoms with van der Waals surface area (Å²) in [6, 6.07) is 15.9. The number of fused-ring (bicyclic) bond motifs is 1. The minimum Gasteiger partial charge on any atom is -0.457 e. The van der Waals surface area contributed by atoms with Crippen molar-refractivity contribution >= 4 is 22.8 Å². The van der Waals surface area contributed by atoms with E-state index in [0.717, 1.165) is 44.7 Å². The van der Waals surface area contributed by atoms with E-state index in [-0.39, 0.29) is 29.8 Å². The van der Waals surface area contributed by atoms with Gasteiger partial charge in [0.15, 0.2) is 5.65 Å². The number of carbonyl (C=O) groups excluding carboxylic acids is 1. The van der Waals surface area contributed by atoms with Gasteiger partial charge in [-0.3, -0.25) is 4.79 Å². The minimum absolute atomic E-state index is 0.0547. The van der Waals surface area contributed by atoms with Gasteiger partial charge in [0.05, 0.1) is 29.5 Å². The van der Waals surface area contributed by atoms with E-state index < -0.39 is 5.82 Å². The van der Waals surface area contributed by atoms with Gasteiger partial charge in [-0.1, -0.05) is 25.1 Å². The quantitative estimate of drug-likeness (QED) is 0.273. The third kappa shape index (κ3) is 6.30. The van der Waals surface area contributed by atoms with Crippen LogP contribution in [-0.4, -0.2) is 74.7 Å². The van der Waals surface area contributed by atoms with Crippen LogP contribution in [0, 0.1) is 17.1 Å². The van der Waals surface area contributed by atoms with Gasteiger partial charge < -0.3 is 25.6 Å². The fourth-order valence-electron chi connectivity index (χ4n) is 6.23. The molecule has 0 spiro atoms. The Morgan fingerprint density at radius 1 is 1.11 bits per heavy atom. The number of piperidine rings is 1. The van der Waals surface area contributed by atoms with E-state index in [4.69, 9.17) is 15.6 Å². The molecular formula is C33H36FN9O2. The molecule has 2 saturated heterocycles. The maximum Gasteiger partial charge on any atom is 0.227 e. The molecule has 45 heavy (non-hydrogen) atoms. The number of piperazine rings is 1. The number of benzene rings is 2. The van der Waals surface area contributed by atoms with Crippen LogP contribution in [0.25, 0.3) is 22.3 Å². The van der Waals surface area contributed by atoms with Crippen LogP contribution in [0.4, 0.5) is 10.2 Å². The number of halogens is 1. The molecule has 12 heteroatoms. The van der Waals surface area contributed by atoms with Gasteiger partial charge in [0.2, 0.25) is 5.91 Å². The largest absolute Gasteiger partial charge is 0.457 e. The summed E-state index contributed by atoms with van der Waals surface area (Å²) < 4.78 is 23.2. The van der Waals surface area contributed by atoms with E-state index in [1.807, 2.05) is 25.1 Å². The first kappa shape index (κ1) is 30.0. The zero-order valence-electron chi connectivity index (χ0n) is 25.2. The Labute approximate surface area is 261 Å². The molecule has 2 aromatic heterocycles. The maximum atomic E-state index is 15.6. The number of carbonyl (C=O) groups is 1. The average Bonchev–Trinajstić information content (AvgIpc) is 3.46. The first-order valence-electron chi connectivity index (χ1n) is 15.3. The van der Waals surface area contributed by atoms with Gasteiger partial charge >= 0.3 is 0 Å². The van der Waals surface area contributed by atoms with Gasteiger partial charge in [-0.15, -0.1) is 0 Å². The molecule has 1 atom stereocenters. The lowest BCUT2D eigenvalue weighted by atomic mass is 10.0. The first-order chi connectivity index (χ1) is 22.0. The standard InChI is InChI=1S/C33H36FN9O2/c1-2-28(41-15-12-37-13-16-41)22(19-35)17-29(44)42-14-6-7-23(20-42)43-33-30(32(36)38-21-39-33)31(40-43)26-11-10-25(18-27(26)34)45-24-8-4-3-5-9-24/h3-5,8-11,18,21,23,37H,2,6-7,12-17,20H2,1H3,(H2,36,38,39)/t23-/m1/s1. The number of nitrogens with two attached hydrogens (primary N) is 1. The fourth-order valence-corrected chi connectivity index (χ4v) is 6.23. The van der Waals surface area contributed by atoms with Crippen LogP contribution < -0.4 is 15.8 Å². The number of anilines is 1. The highest BCUT2D eigenvalue weighted by Crippen LogP contribution is 2.36. The monoisotopic (exact) mass is 609 g/mol. The highest BCUT2D eigenvalue weighted by molar-refractivity contribution is 5.98. The summed E-state index contributed by atoms with van der Waals surface area (Å²) in [6.45, 7) is 6.34. The summed E-state index contributed by atoms with van der Waals surface area (Å²) in [7, 11) is 0. The third-order valence-electron chi connectivity index (χ3n) is 8.43. The number of para-hydroxylation sites is 1. The molecule has 4 heterocycles. The van der Waals surface area contributed by atoms with Crippen molar-refractivity contribution in [3.05, 3.63) is 71.9 Å². The van der Waals surface area contributed by atoms with E-state index in [9.17, 15) is 10.1 Å². The Morgan fingerprint density at radius 3 is 2.64 bits per heavy atom. The maximum absolute atomic E-state index is 15.6. The molecule has 0 unspecified atom stereocenters. The molecule has 6 rings (SSSR count). The number of ether oxygens (including phenoxy) is 1. The number of hydrogen-bond donors (Lipinski definition) is 2. The van der Waals surface area contributed by atoms with E-state index >= 15 is 4.39 Å². The molecule has 11 nitrogen and oxygen atoms in total. The second kappa shape index (κ2) is 13.3. The van der Waals surface area contributed by atoms with Crippen molar-refractivity contribution in [3.63, 3.8) is 0 Å². The van der Waals surface area contributed by atoms with E-state index in [1.165, 1.54) is 12.4 Å². The number of hydrogen-bond acceptors (Lipinski definition) is 9. The number of nitrogens with zero attached hydrogens (tertiary/aromatic N) is 7. The van der Waals surface area contributed by atoms with E-state index in [0.29, 0.717) is 53.3 Å². The van der Waals surface area contributed by atoms with Gasteiger partial charge in [-0.25, -0.2) is 19.0 Å². The SMILES string of the molecule is CCC(=C(C#N)CC(=O)N1CCC[C@@H](n2nc(-c3ccc(Oc4ccccc4)cc3F)c3c(N)ncnc32)C1)N1CCNCC1. The zero-order chi connectivity index (χ0) is 31.3. The summed E-state index contributed by atoms with van der Waals surface area (Å²) in [4.78, 5) is 26.2. The van der Waals surface area contributed by atoms with Crippen LogP contribution in [0.5, 0.6) is 11.5 Å². The summed E-state index contributed by atoms with van der Waals surface area (Å²) in [6.07, 6.45) is 3.61. The molecule has 1 amide bonds. The normalized spacial score (nSPS) is 17.6. The second-order valence-corrected chi connectivity index (χ2v) is 11.2. The van der Waals surface area contributed by atoms with Gasteiger partial charge in [0.25, 0.3) is 0 Å². The van der Waals surface area contributed by atoms with Crippen molar-refractivity contribution in [2.75, 3.05) is 45.0 Å². The molecule has 3 N–H and O–H groups in total. The lowest BCUT2D eigenvalue weighted by Gasteiger charge is -2.34. The van der Waals surface area contributed by atoms with Crippen molar-refractivity contribution in [1.29, 1.82) is 5.26 Å². The van der Waals surface area contributed by atoms with Crippen molar-refractivity contribution in [1.82, 2.24) is 34.9 Å². The molecule has 2 aliphatic rings. The van der Waals surface area contributed by atoms with Crippen molar-refractivity contribution in [2.45, 2.75) is 38.6 Å². The number of allylic oxidation sites excluding steroid dienone is 1. The second-order valence-electron chi connectivity index (χ2n) is 11.2. The summed E-state index contributed by atoms with van der Waals surface area (Å²) in [5.41, 5.74) is 8.82. The van der Waals surface area contributed by atoms with Crippen molar-refractivity contribution in [3.8, 4) is 28.8 Å². The fraction of sp³-hybridized carbons (Fsp3) is 0.364. The van der Waals surface area contributed by atoms with Crippen molar-refractivity contribution < 1.29 is 13.9 Å². The van der Waals surface area contributed by atoms with E-state index in [1.54, 1.807) is 33.8 Å². The van der Waals surface area contributed by atoms with Gasteiger partial charge in [-0.05, 0) is 43.5 Å². The van der Waals surface area contributed by atoms with Crippen LogP contribution in [-0.2, 0) is 4.79 Å². The molecule has 2 fully saturated rings. The Morgan fingerprint density at radius 2 is 1.91 bits per heavy atom. The topological polar surface area (TPSA) is 138 Å². The van der Waals surface area contributed by atoms with Gasteiger partial charge in [0, 0.05) is 56.6 Å². The highest BCUT2D eigenvalue weighted by atomic mass is 19.1. The predicted octanol–water partition coefficient (Wildman–Crippen LogP) is 4.65. The molecule has 2 aliphatic heterocycles. The Bertz CT molecular complexity index is 1760. The van der Waals surface area contributed by atoms with Crippen LogP contribution in [0.3, 0.4) is 0 Å². The molecule has 0 radical (unpaired) electrons. The lowest BCUT2D eigenvalue weighted by Crippen LogP contribution is -2.43. The molecule has 4 aromatic rings. The highest BCUT2D eigenvalue weighted by Gasteiger charge is 2.30. The molecule has 232 valence electrons. The third-order valence-corrected chi connectivity index (χ3v) is 8.43. The number of amides is 1. The van der Waals surface area contributed by atoms with Crippen LogP contribution >= 0.6 is 0 Å². The molecular weight excluding hydrogens is 573 g/mol. The van der Waals surface area contributed by atoms with Gasteiger partial charge in [-0.2, -0.15) is 10.4 Å². The molecule has 0 saturated carbocycles. The number of nitrogens with one attached hydrogen (secondary N) is 1. The predicted molar refractivity (Wildman–Crippen MR) is 168 cm³/mol. The van der Waals surface area contributed by atoms with Crippen LogP contribution in [0.2, 0.25) is 0 Å². The lowest BCUT2D eigenvalue weighted by molar-refractivity contribution is -0.132. The average molecular weight is 610 g/mol. The number of likely N-dealkylation sites (tertiary alicyclic amines) is 1. The molecule has 2 aromatic carbocycles. The van der Waals surface area contributed by atoms with Gasteiger partial charge in [0.1, 0.15) is 35.2 Å². The minimum atomic E-state index is -0.522. The molecule has 0 bridgehead atoms. The zero-order valence-corrected chi connectivity index (χ0v) is 25.2. The van der Waals surface area contributed by atoms with Crippen LogP contribution in [0.15, 0.2) is 66.1 Å². The number of nitriles is 1. The van der Waals surface area contributed by atoms with Crippen LogP contribution in [0.1, 0.15) is 38.6 Å². The molecule has 0 aliphatic carbocycles. The summed E-state index contributed by atoms with van der Waals surface area (Å²) >= 11 is 0. The number of aromatic nitrogens is 4. The van der Waals surface area contributed by atoms with Crippen molar-refractivity contribution in [2.24, 2.45) is 0 Å². The summed E-state index contributed by atoms with van der Waals surface area (Å²) in [5.74, 6) is 0.526. The number of nitrogen functional groups attached to an aromatic ring is 1. The number of rotatable bonds is 8. The smallest absolute Gasteiger partial charge is 0.227 e. The Balaban J connectivity index is 1.26. The summed E-state index contributed by atoms with van der Waals surface area (Å²) in [5, 5.41) is 18.6.